The molecule has 36 heavy (non-hydrogen) atoms. The van der Waals surface area contributed by atoms with Crippen LogP contribution in [-0.2, 0) is 19.1 Å². The Morgan fingerprint density at radius 3 is 2.47 bits per heavy atom. The Kier molecular flexibility index (Phi) is 6.29. The van der Waals surface area contributed by atoms with Gasteiger partial charge in [-0.3, -0.25) is 14.4 Å². The summed E-state index contributed by atoms with van der Waals surface area (Å²) >= 11 is 0. The number of likely N-dealkylation sites (tertiary alicyclic amines) is 1. The SMILES string of the molecule is CCCN1CC=C[C@H]2O[C@]34C=CCN(c5c(C)cccc5C)C(=O)C3N([C@H](C)CO)C(=O)[C@@H]4[C@H]2C1=O. The molecule has 0 saturated carbocycles. The van der Waals surface area contributed by atoms with Gasteiger partial charge in [0, 0.05) is 25.3 Å². The van der Waals surface area contributed by atoms with Crippen LogP contribution in [0.3, 0.4) is 0 Å². The molecule has 1 aromatic rings. The Labute approximate surface area is 212 Å². The fourth-order valence-electron chi connectivity index (χ4n) is 6.59. The van der Waals surface area contributed by atoms with E-state index in [1.54, 1.807) is 16.7 Å². The number of amides is 3. The van der Waals surface area contributed by atoms with Crippen molar-refractivity contribution < 1.29 is 24.2 Å². The maximum absolute atomic E-state index is 14.4. The van der Waals surface area contributed by atoms with Gasteiger partial charge in [0.1, 0.15) is 11.6 Å². The summed E-state index contributed by atoms with van der Waals surface area (Å²) in [5.41, 5.74) is 1.45. The van der Waals surface area contributed by atoms with Crippen LogP contribution in [0, 0.1) is 25.7 Å². The van der Waals surface area contributed by atoms with Crippen molar-refractivity contribution in [1.82, 2.24) is 9.80 Å². The molecule has 8 heteroatoms. The lowest BCUT2D eigenvalue weighted by molar-refractivity contribution is -0.146. The summed E-state index contributed by atoms with van der Waals surface area (Å²) < 4.78 is 6.64. The minimum absolute atomic E-state index is 0.115. The summed E-state index contributed by atoms with van der Waals surface area (Å²) in [6.07, 6.45) is 7.75. The first-order valence-corrected chi connectivity index (χ1v) is 12.9. The standard InChI is InChI=1S/C28H35N3O5/c1-5-13-29-14-7-11-20-21(25(29)33)22-26(34)31(19(4)16-32)24-27(35)30(15-8-12-28(22,24)36-20)23-17(2)9-6-10-18(23)3/h6-12,19-22,24,32H,5,13-16H2,1-4H3/t19-,20-,21+,22+,24?,28+/m1/s1. The first kappa shape index (κ1) is 24.7. The second kappa shape index (κ2) is 9.16. The third-order valence-electron chi connectivity index (χ3n) is 8.12. The zero-order valence-corrected chi connectivity index (χ0v) is 21.4. The molecule has 0 aromatic heterocycles. The van der Waals surface area contributed by atoms with E-state index in [4.69, 9.17) is 4.74 Å². The molecule has 0 bridgehead atoms. The van der Waals surface area contributed by atoms with Crippen molar-refractivity contribution in [3.05, 3.63) is 53.6 Å². The zero-order chi connectivity index (χ0) is 25.8. The van der Waals surface area contributed by atoms with Crippen LogP contribution in [-0.4, -0.2) is 82.7 Å². The van der Waals surface area contributed by atoms with Crippen LogP contribution in [0.15, 0.2) is 42.5 Å². The largest absolute Gasteiger partial charge is 0.394 e. The van der Waals surface area contributed by atoms with E-state index in [2.05, 4.69) is 0 Å². The van der Waals surface area contributed by atoms with Gasteiger partial charge in [0.25, 0.3) is 5.91 Å². The molecule has 3 amide bonds. The quantitative estimate of drug-likeness (QED) is 0.634. The normalized spacial score (nSPS) is 32.4. The number of carbonyl (C=O) groups is 3. The predicted octanol–water partition coefficient (Wildman–Crippen LogP) is 1.98. The molecule has 5 rings (SSSR count). The molecule has 8 nitrogen and oxygen atoms in total. The third-order valence-corrected chi connectivity index (χ3v) is 8.12. The molecule has 2 fully saturated rings. The number of benzene rings is 1. The second-order valence-electron chi connectivity index (χ2n) is 10.4. The predicted molar refractivity (Wildman–Crippen MR) is 135 cm³/mol. The van der Waals surface area contributed by atoms with Crippen LogP contribution in [0.2, 0.25) is 0 Å². The minimum atomic E-state index is -1.28. The summed E-state index contributed by atoms with van der Waals surface area (Å²) in [5.74, 6) is -2.24. The summed E-state index contributed by atoms with van der Waals surface area (Å²) in [7, 11) is 0. The molecule has 1 N–H and O–H groups in total. The summed E-state index contributed by atoms with van der Waals surface area (Å²) in [5, 5.41) is 10.1. The van der Waals surface area contributed by atoms with Crippen LogP contribution in [0.25, 0.3) is 0 Å². The highest BCUT2D eigenvalue weighted by molar-refractivity contribution is 6.06. The first-order valence-electron chi connectivity index (χ1n) is 12.9. The number of hydrogen-bond donors (Lipinski definition) is 1. The summed E-state index contributed by atoms with van der Waals surface area (Å²) in [4.78, 5) is 47.2. The number of aliphatic hydroxyl groups is 1. The number of fused-ring (bicyclic) bond motifs is 2. The lowest BCUT2D eigenvalue weighted by Crippen LogP contribution is -2.58. The highest BCUT2D eigenvalue weighted by atomic mass is 16.5. The molecular formula is C28H35N3O5. The fraction of sp³-hybridized carbons (Fsp3) is 0.536. The average Bonchev–Trinajstić information content (AvgIpc) is 3.18. The van der Waals surface area contributed by atoms with Crippen LogP contribution in [0.4, 0.5) is 5.69 Å². The van der Waals surface area contributed by atoms with Gasteiger partial charge in [-0.05, 0) is 38.3 Å². The highest BCUT2D eigenvalue weighted by Crippen LogP contribution is 2.54. The van der Waals surface area contributed by atoms with E-state index in [1.807, 2.05) is 63.3 Å². The average molecular weight is 494 g/mol. The smallest absolute Gasteiger partial charge is 0.253 e. The van der Waals surface area contributed by atoms with Gasteiger partial charge in [0.15, 0.2) is 0 Å². The molecule has 1 aromatic carbocycles. The van der Waals surface area contributed by atoms with Crippen LogP contribution in [0.1, 0.15) is 31.4 Å². The number of aliphatic hydroxyl groups excluding tert-OH is 1. The van der Waals surface area contributed by atoms with E-state index in [0.29, 0.717) is 19.6 Å². The van der Waals surface area contributed by atoms with Gasteiger partial charge in [0.05, 0.1) is 30.6 Å². The number of rotatable bonds is 5. The van der Waals surface area contributed by atoms with Crippen molar-refractivity contribution in [2.75, 3.05) is 31.1 Å². The zero-order valence-electron chi connectivity index (χ0n) is 21.4. The lowest BCUT2D eigenvalue weighted by atomic mass is 9.77. The molecule has 2 saturated heterocycles. The number of hydrogen-bond acceptors (Lipinski definition) is 5. The number of carbonyl (C=O) groups excluding carboxylic acids is 3. The van der Waals surface area contributed by atoms with Crippen molar-refractivity contribution in [3.8, 4) is 0 Å². The lowest BCUT2D eigenvalue weighted by Gasteiger charge is -2.38. The van der Waals surface area contributed by atoms with E-state index in [9.17, 15) is 19.5 Å². The molecule has 4 aliphatic heterocycles. The molecule has 4 heterocycles. The molecule has 1 unspecified atom stereocenters. The van der Waals surface area contributed by atoms with Crippen molar-refractivity contribution in [3.63, 3.8) is 0 Å². The number of para-hydroxylation sites is 1. The first-order chi connectivity index (χ1) is 17.3. The minimum Gasteiger partial charge on any atom is -0.394 e. The van der Waals surface area contributed by atoms with Crippen molar-refractivity contribution in [2.24, 2.45) is 11.8 Å². The fourth-order valence-corrected chi connectivity index (χ4v) is 6.59. The number of aryl methyl sites for hydroxylation is 2. The van der Waals surface area contributed by atoms with Crippen LogP contribution >= 0.6 is 0 Å². The van der Waals surface area contributed by atoms with Crippen LogP contribution in [0.5, 0.6) is 0 Å². The van der Waals surface area contributed by atoms with E-state index in [0.717, 1.165) is 23.2 Å². The molecule has 1 spiro atoms. The molecule has 0 aliphatic carbocycles. The van der Waals surface area contributed by atoms with Gasteiger partial charge in [-0.1, -0.05) is 49.4 Å². The molecule has 6 atom stereocenters. The Morgan fingerprint density at radius 1 is 1.08 bits per heavy atom. The molecular weight excluding hydrogens is 458 g/mol. The van der Waals surface area contributed by atoms with Gasteiger partial charge in [-0.15, -0.1) is 0 Å². The second-order valence-corrected chi connectivity index (χ2v) is 10.4. The van der Waals surface area contributed by atoms with Gasteiger partial charge in [-0.25, -0.2) is 0 Å². The van der Waals surface area contributed by atoms with E-state index >= 15 is 0 Å². The Balaban J connectivity index is 1.64. The van der Waals surface area contributed by atoms with Crippen molar-refractivity contribution in [2.45, 2.75) is 57.9 Å². The number of ether oxygens (including phenoxy) is 1. The highest BCUT2D eigenvalue weighted by Gasteiger charge is 2.72. The van der Waals surface area contributed by atoms with E-state index in [-0.39, 0.29) is 24.3 Å². The van der Waals surface area contributed by atoms with Crippen molar-refractivity contribution >= 4 is 23.4 Å². The topological polar surface area (TPSA) is 90.4 Å². The maximum Gasteiger partial charge on any atom is 0.253 e. The number of anilines is 1. The van der Waals surface area contributed by atoms with Gasteiger partial charge >= 0.3 is 0 Å². The summed E-state index contributed by atoms with van der Waals surface area (Å²) in [6.45, 7) is 8.78. The van der Waals surface area contributed by atoms with Gasteiger partial charge in [-0.2, -0.15) is 0 Å². The Morgan fingerprint density at radius 2 is 1.81 bits per heavy atom. The van der Waals surface area contributed by atoms with Crippen molar-refractivity contribution in [1.29, 1.82) is 0 Å². The molecule has 0 radical (unpaired) electrons. The number of nitrogens with zero attached hydrogens (tertiary/aromatic N) is 3. The monoisotopic (exact) mass is 493 g/mol. The molecule has 4 aliphatic rings. The third kappa shape index (κ3) is 3.45. The van der Waals surface area contributed by atoms with Gasteiger partial charge in [0.2, 0.25) is 11.8 Å². The molecule has 192 valence electrons. The van der Waals surface area contributed by atoms with E-state index in [1.165, 1.54) is 4.90 Å². The Bertz CT molecular complexity index is 1130. The van der Waals surface area contributed by atoms with E-state index < -0.39 is 35.6 Å². The van der Waals surface area contributed by atoms with Crippen LogP contribution < -0.4 is 4.90 Å². The van der Waals surface area contributed by atoms with Gasteiger partial charge < -0.3 is 24.5 Å². The Hall–Kier alpha value is -2.97. The maximum atomic E-state index is 14.4. The summed E-state index contributed by atoms with van der Waals surface area (Å²) in [6, 6.07) is 4.30.